The fraction of sp³-hybridized carbons (Fsp3) is 0.636. The molecule has 2 N–H and O–H groups in total. The summed E-state index contributed by atoms with van der Waals surface area (Å²) >= 11 is 0. The Kier molecular flexibility index (Phi) is 5.69. The zero-order valence-electron chi connectivity index (χ0n) is 16.1. The van der Waals surface area contributed by atoms with Crippen LogP contribution in [0.4, 0.5) is 0 Å². The van der Waals surface area contributed by atoms with Gasteiger partial charge in [0.25, 0.3) is 0 Å². The van der Waals surface area contributed by atoms with E-state index >= 15 is 0 Å². The monoisotopic (exact) mass is 357 g/mol. The molecule has 4 heteroatoms. The summed E-state index contributed by atoms with van der Waals surface area (Å²) in [6.45, 7) is 3.97. The van der Waals surface area contributed by atoms with Crippen molar-refractivity contribution in [3.63, 3.8) is 0 Å². The average Bonchev–Trinajstić information content (AvgIpc) is 2.64. The van der Waals surface area contributed by atoms with Crippen LogP contribution in [0.3, 0.4) is 0 Å². The van der Waals surface area contributed by atoms with Crippen LogP contribution in [0.2, 0.25) is 0 Å². The first-order valence-electron chi connectivity index (χ1n) is 10.1. The van der Waals surface area contributed by atoms with Crippen molar-refractivity contribution < 1.29 is 14.3 Å². The maximum absolute atomic E-state index is 12.8. The molecule has 3 rings (SSSR count). The van der Waals surface area contributed by atoms with Crippen molar-refractivity contribution in [1.82, 2.24) is 0 Å². The quantitative estimate of drug-likeness (QED) is 0.638. The van der Waals surface area contributed by atoms with Gasteiger partial charge in [0.05, 0.1) is 11.3 Å². The van der Waals surface area contributed by atoms with Crippen LogP contribution in [0.5, 0.6) is 5.75 Å². The number of hydrogen-bond donors (Lipinski definition) is 1. The first-order valence-corrected chi connectivity index (χ1v) is 10.1. The van der Waals surface area contributed by atoms with E-state index in [2.05, 4.69) is 0 Å². The number of hydrogen-bond acceptors (Lipinski definition) is 3. The van der Waals surface area contributed by atoms with Gasteiger partial charge >= 0.3 is 5.97 Å². The van der Waals surface area contributed by atoms with Crippen LogP contribution in [-0.2, 0) is 15.0 Å². The molecule has 2 aliphatic carbocycles. The third kappa shape index (κ3) is 3.65. The number of nitrogens with two attached hydrogens (primary N) is 1. The lowest BCUT2D eigenvalue weighted by Gasteiger charge is -2.36. The molecule has 0 saturated heterocycles. The lowest BCUT2D eigenvalue weighted by molar-refractivity contribution is -0.140. The predicted molar refractivity (Wildman–Crippen MR) is 102 cm³/mol. The van der Waals surface area contributed by atoms with Crippen molar-refractivity contribution in [3.05, 3.63) is 28.8 Å². The number of esters is 1. The summed E-state index contributed by atoms with van der Waals surface area (Å²) in [6.07, 6.45) is 9.73. The molecule has 26 heavy (non-hydrogen) atoms. The molecule has 2 saturated carbocycles. The number of aryl methyl sites for hydroxylation is 2. The summed E-state index contributed by atoms with van der Waals surface area (Å²) in [4.78, 5) is 25.3. The number of amides is 1. The number of rotatable bonds is 4. The average molecular weight is 357 g/mol. The van der Waals surface area contributed by atoms with E-state index in [4.69, 9.17) is 10.5 Å². The van der Waals surface area contributed by atoms with Gasteiger partial charge in [-0.3, -0.25) is 9.59 Å². The zero-order valence-corrected chi connectivity index (χ0v) is 16.1. The molecule has 0 bridgehead atoms. The maximum Gasteiger partial charge on any atom is 0.314 e. The molecular weight excluding hydrogens is 326 g/mol. The second-order valence-corrected chi connectivity index (χ2v) is 8.22. The highest BCUT2D eigenvalue weighted by molar-refractivity contribution is 5.88. The Hall–Kier alpha value is -1.84. The minimum absolute atomic E-state index is 0.0202. The molecule has 0 radical (unpaired) electrons. The Morgan fingerprint density at radius 3 is 2.23 bits per heavy atom. The van der Waals surface area contributed by atoms with E-state index in [1.807, 2.05) is 26.0 Å². The van der Waals surface area contributed by atoms with Crippen molar-refractivity contribution >= 4 is 11.9 Å². The number of ether oxygens (including phenoxy) is 1. The van der Waals surface area contributed by atoms with Gasteiger partial charge in [-0.2, -0.15) is 0 Å². The molecular formula is C22H31NO3. The Morgan fingerprint density at radius 2 is 1.62 bits per heavy atom. The van der Waals surface area contributed by atoms with E-state index < -0.39 is 5.41 Å². The summed E-state index contributed by atoms with van der Waals surface area (Å²) in [5.74, 6) is 0.116. The highest BCUT2D eigenvalue weighted by Gasteiger charge is 2.42. The van der Waals surface area contributed by atoms with E-state index in [9.17, 15) is 9.59 Å². The Morgan fingerprint density at radius 1 is 1.00 bits per heavy atom. The van der Waals surface area contributed by atoms with Crippen molar-refractivity contribution in [2.45, 2.75) is 83.5 Å². The Labute approximate surface area is 156 Å². The minimum Gasteiger partial charge on any atom is -0.426 e. The first-order chi connectivity index (χ1) is 12.4. The fourth-order valence-corrected chi connectivity index (χ4v) is 4.77. The van der Waals surface area contributed by atoms with E-state index in [1.54, 1.807) is 0 Å². The van der Waals surface area contributed by atoms with Crippen molar-refractivity contribution in [1.29, 1.82) is 0 Å². The topological polar surface area (TPSA) is 69.4 Å². The van der Waals surface area contributed by atoms with Gasteiger partial charge in [-0.05, 0) is 45.1 Å². The number of primary amides is 1. The van der Waals surface area contributed by atoms with Crippen LogP contribution < -0.4 is 10.5 Å². The van der Waals surface area contributed by atoms with Gasteiger partial charge in [0.2, 0.25) is 5.91 Å². The molecule has 1 aromatic rings. The van der Waals surface area contributed by atoms with E-state index in [0.29, 0.717) is 5.75 Å². The second-order valence-electron chi connectivity index (χ2n) is 8.22. The molecule has 0 unspecified atom stereocenters. The van der Waals surface area contributed by atoms with Gasteiger partial charge < -0.3 is 10.5 Å². The Balaban J connectivity index is 1.99. The fourth-order valence-electron chi connectivity index (χ4n) is 4.77. The number of carbonyl (C=O) groups excluding carboxylic acids is 2. The normalized spacial score (nSPS) is 20.5. The minimum atomic E-state index is -0.711. The molecule has 142 valence electrons. The smallest absolute Gasteiger partial charge is 0.314 e. The van der Waals surface area contributed by atoms with Crippen LogP contribution in [0.15, 0.2) is 12.1 Å². The van der Waals surface area contributed by atoms with Crippen LogP contribution in [0.25, 0.3) is 0 Å². The van der Waals surface area contributed by atoms with E-state index in [1.165, 1.54) is 6.42 Å². The summed E-state index contributed by atoms with van der Waals surface area (Å²) < 4.78 is 5.95. The van der Waals surface area contributed by atoms with Gasteiger partial charge in [0.15, 0.2) is 0 Å². The van der Waals surface area contributed by atoms with Gasteiger partial charge in [0.1, 0.15) is 5.75 Å². The molecule has 1 amide bonds. The molecule has 0 aromatic heterocycles. The predicted octanol–water partition coefficient (Wildman–Crippen LogP) is 4.48. The molecule has 0 aliphatic heterocycles. The summed E-state index contributed by atoms with van der Waals surface area (Å²) in [6, 6.07) is 4.02. The van der Waals surface area contributed by atoms with Gasteiger partial charge in [-0.15, -0.1) is 0 Å². The largest absolute Gasteiger partial charge is 0.426 e. The maximum atomic E-state index is 12.8. The van der Waals surface area contributed by atoms with Gasteiger partial charge in [-0.1, -0.05) is 56.2 Å². The summed E-state index contributed by atoms with van der Waals surface area (Å²) in [5, 5.41) is 0. The molecule has 2 aliphatic rings. The molecule has 0 atom stereocenters. The highest BCUT2D eigenvalue weighted by atomic mass is 16.5. The van der Waals surface area contributed by atoms with Crippen molar-refractivity contribution in [2.75, 3.05) is 0 Å². The molecule has 2 fully saturated rings. The van der Waals surface area contributed by atoms with Crippen molar-refractivity contribution in [2.24, 2.45) is 11.7 Å². The third-order valence-corrected chi connectivity index (χ3v) is 6.25. The van der Waals surface area contributed by atoms with Crippen LogP contribution in [-0.4, -0.2) is 11.9 Å². The zero-order chi connectivity index (χ0) is 18.7. The lowest BCUT2D eigenvalue weighted by Crippen LogP contribution is -2.43. The highest BCUT2D eigenvalue weighted by Crippen LogP contribution is 2.45. The lowest BCUT2D eigenvalue weighted by atomic mass is 9.68. The summed E-state index contributed by atoms with van der Waals surface area (Å²) in [5.41, 5.74) is 7.99. The van der Waals surface area contributed by atoms with E-state index in [0.717, 1.165) is 74.5 Å². The van der Waals surface area contributed by atoms with Gasteiger partial charge in [0, 0.05) is 5.56 Å². The summed E-state index contributed by atoms with van der Waals surface area (Å²) in [7, 11) is 0. The van der Waals surface area contributed by atoms with Gasteiger partial charge in [-0.25, -0.2) is 0 Å². The van der Waals surface area contributed by atoms with Crippen molar-refractivity contribution in [3.8, 4) is 5.75 Å². The second kappa shape index (κ2) is 7.81. The molecule has 0 spiro atoms. The van der Waals surface area contributed by atoms with Crippen LogP contribution in [0.1, 0.15) is 80.9 Å². The SMILES string of the molecule is Cc1cc(C)c(OC(=O)C2CCCCC2)c(C2(C(N)=O)CCCCC2)c1. The number of benzene rings is 1. The third-order valence-electron chi connectivity index (χ3n) is 6.25. The Bertz CT molecular complexity index is 683. The number of carbonyl (C=O) groups is 2. The van der Waals surface area contributed by atoms with Crippen LogP contribution in [0, 0.1) is 19.8 Å². The van der Waals surface area contributed by atoms with E-state index in [-0.39, 0.29) is 17.8 Å². The standard InChI is InChI=1S/C22H31NO3/c1-15-13-16(2)19(26-20(24)17-9-5-3-6-10-17)18(14-15)22(21(23)25)11-7-4-8-12-22/h13-14,17H,3-12H2,1-2H3,(H2,23,25). The molecule has 4 nitrogen and oxygen atoms in total. The van der Waals surface area contributed by atoms with Crippen LogP contribution >= 0.6 is 0 Å². The molecule has 1 aromatic carbocycles. The molecule has 0 heterocycles. The first kappa shape index (κ1) is 18.9.